The number of nitrogens with zero attached hydrogens (tertiary/aromatic N) is 3. The van der Waals surface area contributed by atoms with Crippen LogP contribution in [-0.2, 0) is 21.7 Å². The minimum atomic E-state index is -0.233. The lowest BCUT2D eigenvalue weighted by molar-refractivity contribution is 0.590. The van der Waals surface area contributed by atoms with E-state index in [9.17, 15) is 0 Å². The Morgan fingerprint density at radius 1 is 0.344 bits per heavy atom. The molecule has 0 radical (unpaired) electrons. The summed E-state index contributed by atoms with van der Waals surface area (Å²) in [6, 6.07) is 93.6. The van der Waals surface area contributed by atoms with Crippen LogP contribution in [0.15, 0.2) is 258 Å². The van der Waals surface area contributed by atoms with E-state index in [1.807, 2.05) is 6.07 Å². The van der Waals surface area contributed by atoms with E-state index in [0.29, 0.717) is 0 Å². The zero-order valence-electron chi connectivity index (χ0n) is 54.9. The predicted molar refractivity (Wildman–Crippen MR) is 394 cm³/mol. The molecule has 452 valence electrons. The Bertz CT molecular complexity index is 5320. The second-order valence-electron chi connectivity index (χ2n) is 29.7. The minimum Gasteiger partial charge on any atom is -0.456 e. The van der Waals surface area contributed by atoms with Gasteiger partial charge in [0.25, 0.3) is 6.71 Å². The Morgan fingerprint density at radius 2 is 0.828 bits per heavy atom. The van der Waals surface area contributed by atoms with E-state index < -0.39 is 0 Å². The van der Waals surface area contributed by atoms with Crippen molar-refractivity contribution in [3.63, 3.8) is 0 Å². The first-order chi connectivity index (χ1) is 44.8. The highest BCUT2D eigenvalue weighted by Crippen LogP contribution is 2.54. The molecule has 0 N–H and O–H groups in total. The monoisotopic (exact) mass is 1200 g/mol. The molecule has 93 heavy (non-hydrogen) atoms. The fourth-order valence-electron chi connectivity index (χ4n) is 15.6. The van der Waals surface area contributed by atoms with Crippen LogP contribution in [0.5, 0.6) is 0 Å². The van der Waals surface area contributed by atoms with Crippen LogP contribution in [0.2, 0.25) is 0 Å². The summed E-state index contributed by atoms with van der Waals surface area (Å²) in [5.74, 6) is 0. The summed E-state index contributed by atoms with van der Waals surface area (Å²) < 4.78 is 13.1. The maximum Gasteiger partial charge on any atom is 0.252 e. The van der Waals surface area contributed by atoms with Crippen LogP contribution in [0.1, 0.15) is 104 Å². The summed E-state index contributed by atoms with van der Waals surface area (Å²) in [6.07, 6.45) is 0. The number of fused-ring (bicyclic) bond motifs is 13. The molecule has 0 amide bonds. The van der Waals surface area contributed by atoms with Gasteiger partial charge in [0, 0.05) is 78.1 Å². The van der Waals surface area contributed by atoms with Crippen LogP contribution < -0.4 is 31.1 Å². The molecule has 6 heteroatoms. The maximum absolute atomic E-state index is 6.61. The molecule has 0 bridgehead atoms. The average Bonchev–Trinajstić information content (AvgIpc) is 1.10. The van der Waals surface area contributed by atoms with Gasteiger partial charge in [-0.25, -0.2) is 0 Å². The number of furan rings is 2. The zero-order valence-corrected chi connectivity index (χ0v) is 54.9. The normalized spacial score (nSPS) is 14.0. The number of hydrogen-bond donors (Lipinski definition) is 0. The summed E-state index contributed by atoms with van der Waals surface area (Å²) in [5, 5.41) is 4.49. The number of rotatable bonds is 7. The minimum absolute atomic E-state index is 0.00643. The molecular formula is C87H74BN3O2. The van der Waals surface area contributed by atoms with Gasteiger partial charge in [-0.05, 0) is 197 Å². The second kappa shape index (κ2) is 20.4. The fraction of sp³-hybridized carbons (Fsp3) is 0.172. The van der Waals surface area contributed by atoms with Gasteiger partial charge >= 0.3 is 0 Å². The summed E-state index contributed by atoms with van der Waals surface area (Å²) in [6.45, 7) is 25.5. The van der Waals surface area contributed by atoms with Crippen LogP contribution in [0, 0.1) is 0 Å². The van der Waals surface area contributed by atoms with Crippen molar-refractivity contribution in [3.05, 3.63) is 277 Å². The van der Waals surface area contributed by atoms with Crippen molar-refractivity contribution in [2.45, 2.75) is 97.8 Å². The molecule has 5 nitrogen and oxygen atoms in total. The molecule has 0 saturated carbocycles. The second-order valence-corrected chi connectivity index (χ2v) is 29.7. The van der Waals surface area contributed by atoms with Gasteiger partial charge < -0.3 is 23.5 Å². The summed E-state index contributed by atoms with van der Waals surface area (Å²) >= 11 is 0. The standard InChI is InChI=1S/C87H74BN3O2/c1-84(2,3)55-33-39-58(40-34-55)89(59-41-35-56(36-42-59)85(4,5)6)62-44-46-71-74(52-62)91(61-43-45-66-65-20-12-15-25-69(65)87(10,11)70(66)51-61)76-50-57(86(7,8)9)49-75-83(76)88(71)72-48-54(64-24-19-29-80-82(64)68-22-14-17-27-78(68)93-80)32-47-73(72)90(75)60-37-30-53(31-38-60)63-23-18-28-79-81(63)67-21-13-16-26-77(67)92-79/h12-52H,1-11H3. The van der Waals surface area contributed by atoms with E-state index in [0.717, 1.165) is 106 Å². The summed E-state index contributed by atoms with van der Waals surface area (Å²) in [4.78, 5) is 7.67. The zero-order chi connectivity index (χ0) is 63.6. The van der Waals surface area contributed by atoms with Gasteiger partial charge in [0.15, 0.2) is 0 Å². The molecule has 1 aliphatic carbocycles. The maximum atomic E-state index is 6.61. The Kier molecular flexibility index (Phi) is 12.4. The van der Waals surface area contributed by atoms with Crippen LogP contribution in [0.25, 0.3) is 77.3 Å². The molecule has 3 aliphatic rings. The Labute approximate surface area is 546 Å². The van der Waals surface area contributed by atoms with Crippen molar-refractivity contribution in [1.29, 1.82) is 0 Å². The summed E-state index contributed by atoms with van der Waals surface area (Å²) in [7, 11) is 0. The number of para-hydroxylation sites is 2. The molecule has 2 aliphatic heterocycles. The Morgan fingerprint density at radius 3 is 1.42 bits per heavy atom. The topological polar surface area (TPSA) is 36.0 Å². The van der Waals surface area contributed by atoms with Crippen molar-refractivity contribution in [2.75, 3.05) is 14.7 Å². The molecule has 0 atom stereocenters. The molecule has 2 aromatic heterocycles. The number of benzene rings is 12. The lowest BCUT2D eigenvalue weighted by Gasteiger charge is -2.45. The average molecular weight is 1200 g/mol. The van der Waals surface area contributed by atoms with Crippen molar-refractivity contribution in [3.8, 4) is 33.4 Å². The highest BCUT2D eigenvalue weighted by Gasteiger charge is 2.46. The van der Waals surface area contributed by atoms with E-state index in [2.05, 4.69) is 334 Å². The Balaban J connectivity index is 0.940. The first-order valence-electron chi connectivity index (χ1n) is 33.0. The van der Waals surface area contributed by atoms with Gasteiger partial charge in [-0.3, -0.25) is 0 Å². The van der Waals surface area contributed by atoms with Gasteiger partial charge in [0.1, 0.15) is 22.3 Å². The van der Waals surface area contributed by atoms with Gasteiger partial charge in [-0.15, -0.1) is 0 Å². The Hall–Kier alpha value is -10.3. The number of hydrogen-bond acceptors (Lipinski definition) is 5. The molecule has 14 aromatic rings. The molecule has 4 heterocycles. The van der Waals surface area contributed by atoms with Crippen molar-refractivity contribution < 1.29 is 8.83 Å². The lowest BCUT2D eigenvalue weighted by Crippen LogP contribution is -2.61. The first-order valence-corrected chi connectivity index (χ1v) is 33.0. The first kappa shape index (κ1) is 56.7. The third kappa shape index (κ3) is 8.88. The fourth-order valence-corrected chi connectivity index (χ4v) is 15.6. The van der Waals surface area contributed by atoms with E-state index in [1.165, 1.54) is 66.7 Å². The smallest absolute Gasteiger partial charge is 0.252 e. The van der Waals surface area contributed by atoms with Gasteiger partial charge in [0.2, 0.25) is 0 Å². The lowest BCUT2D eigenvalue weighted by atomic mass is 9.33. The van der Waals surface area contributed by atoms with Crippen molar-refractivity contribution >= 4 is 118 Å². The molecular weight excluding hydrogens is 1130 g/mol. The molecule has 0 fully saturated rings. The van der Waals surface area contributed by atoms with E-state index in [4.69, 9.17) is 8.83 Å². The predicted octanol–water partition coefficient (Wildman–Crippen LogP) is 22.6. The number of anilines is 9. The van der Waals surface area contributed by atoms with Crippen LogP contribution in [0.3, 0.4) is 0 Å². The quantitative estimate of drug-likeness (QED) is 0.149. The molecule has 12 aromatic carbocycles. The van der Waals surface area contributed by atoms with E-state index in [-0.39, 0.29) is 28.4 Å². The highest BCUT2D eigenvalue weighted by atomic mass is 16.3. The molecule has 0 spiro atoms. The van der Waals surface area contributed by atoms with E-state index in [1.54, 1.807) is 0 Å². The molecule has 0 saturated heterocycles. The largest absolute Gasteiger partial charge is 0.456 e. The van der Waals surface area contributed by atoms with Crippen LogP contribution >= 0.6 is 0 Å². The van der Waals surface area contributed by atoms with Crippen molar-refractivity contribution in [1.82, 2.24) is 0 Å². The van der Waals surface area contributed by atoms with Gasteiger partial charge in [0.05, 0.1) is 0 Å². The van der Waals surface area contributed by atoms with E-state index >= 15 is 0 Å². The van der Waals surface area contributed by atoms with Gasteiger partial charge in [-0.1, -0.05) is 222 Å². The third-order valence-electron chi connectivity index (χ3n) is 20.5. The summed E-state index contributed by atoms with van der Waals surface area (Å²) in [5.41, 5.74) is 30.7. The van der Waals surface area contributed by atoms with Crippen LogP contribution in [-0.4, -0.2) is 6.71 Å². The van der Waals surface area contributed by atoms with Gasteiger partial charge in [-0.2, -0.15) is 0 Å². The molecule has 17 rings (SSSR count). The van der Waals surface area contributed by atoms with Crippen LogP contribution in [0.4, 0.5) is 51.2 Å². The third-order valence-corrected chi connectivity index (χ3v) is 20.5. The highest BCUT2D eigenvalue weighted by molar-refractivity contribution is 7.00. The van der Waals surface area contributed by atoms with Crippen molar-refractivity contribution in [2.24, 2.45) is 0 Å². The SMILES string of the molecule is CC(C)(C)c1ccc(N(c2ccc(C(C)(C)C)cc2)c2ccc3c(c2)N(c2ccc4c(c2)C(C)(C)c2ccccc2-4)c2cc(C(C)(C)C)cc4c2B3c2cc(-c3cccc5oc6ccccc6c35)ccc2N4c2ccc(-c3cccc4oc5ccccc5c34)cc2)cc1. The molecule has 0 unspecified atom stereocenters.